The molecule has 2 N–H and O–H groups in total. The molecule has 1 rings (SSSR count). The fourth-order valence-electron chi connectivity index (χ4n) is 1.53. The van der Waals surface area contributed by atoms with Gasteiger partial charge in [0.2, 0.25) is 5.91 Å². The van der Waals surface area contributed by atoms with Crippen molar-refractivity contribution in [2.75, 3.05) is 6.54 Å². The lowest BCUT2D eigenvalue weighted by Crippen LogP contribution is -2.37. The molecule has 1 amide bonds. The third kappa shape index (κ3) is 4.39. The van der Waals surface area contributed by atoms with Crippen LogP contribution < -0.4 is 5.32 Å². The SMILES string of the molecule is CCC(C)(C)C(=O)NCCc1ccc(C(=O)O)cc1. The predicted molar refractivity (Wildman–Crippen MR) is 74.2 cm³/mol. The zero-order valence-electron chi connectivity index (χ0n) is 11.7. The van der Waals surface area contributed by atoms with Crippen LogP contribution >= 0.6 is 0 Å². The topological polar surface area (TPSA) is 66.4 Å². The Bertz CT molecular complexity index is 449. The molecular formula is C15H21NO3. The molecule has 4 nitrogen and oxygen atoms in total. The molecular weight excluding hydrogens is 242 g/mol. The maximum absolute atomic E-state index is 11.8. The second kappa shape index (κ2) is 6.36. The summed E-state index contributed by atoms with van der Waals surface area (Å²) < 4.78 is 0. The smallest absolute Gasteiger partial charge is 0.335 e. The molecule has 0 radical (unpaired) electrons. The van der Waals surface area contributed by atoms with Gasteiger partial charge < -0.3 is 10.4 Å². The molecule has 1 aromatic rings. The lowest BCUT2D eigenvalue weighted by atomic mass is 9.89. The van der Waals surface area contributed by atoms with E-state index in [0.29, 0.717) is 13.0 Å². The van der Waals surface area contributed by atoms with Gasteiger partial charge in [0.25, 0.3) is 0 Å². The normalized spacial score (nSPS) is 11.1. The number of amides is 1. The van der Waals surface area contributed by atoms with Crippen molar-refractivity contribution in [1.29, 1.82) is 0 Å². The third-order valence-electron chi connectivity index (χ3n) is 3.40. The van der Waals surface area contributed by atoms with Gasteiger partial charge in [-0.3, -0.25) is 4.79 Å². The summed E-state index contributed by atoms with van der Waals surface area (Å²) in [6.07, 6.45) is 1.50. The van der Waals surface area contributed by atoms with Crippen LogP contribution in [0.2, 0.25) is 0 Å². The number of carbonyl (C=O) groups excluding carboxylic acids is 1. The summed E-state index contributed by atoms with van der Waals surface area (Å²) >= 11 is 0. The highest BCUT2D eigenvalue weighted by Crippen LogP contribution is 2.19. The minimum Gasteiger partial charge on any atom is -0.478 e. The molecule has 104 valence electrons. The van der Waals surface area contributed by atoms with E-state index in [0.717, 1.165) is 12.0 Å². The fraction of sp³-hybridized carbons (Fsp3) is 0.467. The highest BCUT2D eigenvalue weighted by molar-refractivity contribution is 5.87. The number of hydrogen-bond acceptors (Lipinski definition) is 2. The van der Waals surface area contributed by atoms with E-state index in [-0.39, 0.29) is 16.9 Å². The van der Waals surface area contributed by atoms with Crippen LogP contribution in [0.4, 0.5) is 0 Å². The number of carbonyl (C=O) groups is 2. The second-order valence-corrected chi connectivity index (χ2v) is 5.25. The van der Waals surface area contributed by atoms with Crippen molar-refractivity contribution in [3.63, 3.8) is 0 Å². The molecule has 0 bridgehead atoms. The summed E-state index contributed by atoms with van der Waals surface area (Å²) in [5, 5.41) is 11.7. The summed E-state index contributed by atoms with van der Waals surface area (Å²) in [6, 6.07) is 6.71. The first kappa shape index (κ1) is 15.2. The number of rotatable bonds is 6. The van der Waals surface area contributed by atoms with E-state index in [9.17, 15) is 9.59 Å². The largest absolute Gasteiger partial charge is 0.478 e. The quantitative estimate of drug-likeness (QED) is 0.828. The molecule has 0 aromatic heterocycles. The van der Waals surface area contributed by atoms with Crippen LogP contribution in [0.25, 0.3) is 0 Å². The van der Waals surface area contributed by atoms with Gasteiger partial charge in [-0.25, -0.2) is 4.79 Å². The number of aromatic carboxylic acids is 1. The van der Waals surface area contributed by atoms with Gasteiger partial charge in [0.15, 0.2) is 0 Å². The van der Waals surface area contributed by atoms with Gasteiger partial charge in [0.1, 0.15) is 0 Å². The van der Waals surface area contributed by atoms with Crippen LogP contribution in [0, 0.1) is 5.41 Å². The van der Waals surface area contributed by atoms with Crippen molar-refractivity contribution in [3.05, 3.63) is 35.4 Å². The van der Waals surface area contributed by atoms with Crippen LogP contribution in [0.1, 0.15) is 43.1 Å². The Hall–Kier alpha value is -1.84. The highest BCUT2D eigenvalue weighted by Gasteiger charge is 2.24. The Labute approximate surface area is 113 Å². The van der Waals surface area contributed by atoms with Crippen molar-refractivity contribution in [2.45, 2.75) is 33.6 Å². The van der Waals surface area contributed by atoms with E-state index in [1.807, 2.05) is 20.8 Å². The fourth-order valence-corrected chi connectivity index (χ4v) is 1.53. The molecule has 0 unspecified atom stereocenters. The Kier molecular flexibility index (Phi) is 5.10. The average Bonchev–Trinajstić information content (AvgIpc) is 2.39. The molecule has 0 saturated heterocycles. The molecule has 0 spiro atoms. The first-order valence-electron chi connectivity index (χ1n) is 6.47. The van der Waals surface area contributed by atoms with E-state index in [4.69, 9.17) is 5.11 Å². The van der Waals surface area contributed by atoms with E-state index >= 15 is 0 Å². The summed E-state index contributed by atoms with van der Waals surface area (Å²) in [5.41, 5.74) is 0.951. The summed E-state index contributed by atoms with van der Waals surface area (Å²) in [6.45, 7) is 6.40. The third-order valence-corrected chi connectivity index (χ3v) is 3.40. The number of benzene rings is 1. The summed E-state index contributed by atoms with van der Waals surface area (Å²) in [4.78, 5) is 22.5. The van der Waals surface area contributed by atoms with Gasteiger partial charge in [0, 0.05) is 12.0 Å². The van der Waals surface area contributed by atoms with Gasteiger partial charge in [-0.1, -0.05) is 32.9 Å². The zero-order chi connectivity index (χ0) is 14.5. The lowest BCUT2D eigenvalue weighted by molar-refractivity contribution is -0.129. The zero-order valence-corrected chi connectivity index (χ0v) is 11.7. The first-order valence-corrected chi connectivity index (χ1v) is 6.47. The van der Waals surface area contributed by atoms with Gasteiger partial charge in [-0.05, 0) is 30.5 Å². The maximum Gasteiger partial charge on any atom is 0.335 e. The minimum atomic E-state index is -0.926. The number of carboxylic acids is 1. The van der Waals surface area contributed by atoms with Gasteiger partial charge >= 0.3 is 5.97 Å². The molecule has 4 heteroatoms. The van der Waals surface area contributed by atoms with Crippen LogP contribution in [0.5, 0.6) is 0 Å². The molecule has 0 aliphatic heterocycles. The van der Waals surface area contributed by atoms with Crippen molar-refractivity contribution in [2.24, 2.45) is 5.41 Å². The number of carboxylic acid groups (broad SMARTS) is 1. The van der Waals surface area contributed by atoms with Crippen LogP contribution in [-0.4, -0.2) is 23.5 Å². The summed E-state index contributed by atoms with van der Waals surface area (Å²) in [5.74, 6) is -0.873. The molecule has 0 fully saturated rings. The molecule has 0 heterocycles. The van der Waals surface area contributed by atoms with Crippen molar-refractivity contribution < 1.29 is 14.7 Å². The highest BCUT2D eigenvalue weighted by atomic mass is 16.4. The number of nitrogens with one attached hydrogen (secondary N) is 1. The van der Waals surface area contributed by atoms with Crippen molar-refractivity contribution in [1.82, 2.24) is 5.32 Å². The molecule has 0 saturated carbocycles. The Morgan fingerprint density at radius 3 is 2.26 bits per heavy atom. The molecule has 0 aliphatic carbocycles. The average molecular weight is 263 g/mol. The predicted octanol–water partition coefficient (Wildman–Crippen LogP) is 2.48. The van der Waals surface area contributed by atoms with Crippen LogP contribution in [-0.2, 0) is 11.2 Å². The van der Waals surface area contributed by atoms with Gasteiger partial charge in [-0.2, -0.15) is 0 Å². The Morgan fingerprint density at radius 1 is 1.21 bits per heavy atom. The second-order valence-electron chi connectivity index (χ2n) is 5.25. The van der Waals surface area contributed by atoms with E-state index < -0.39 is 5.97 Å². The first-order chi connectivity index (χ1) is 8.86. The lowest BCUT2D eigenvalue weighted by Gasteiger charge is -2.21. The van der Waals surface area contributed by atoms with Crippen LogP contribution in [0.3, 0.4) is 0 Å². The van der Waals surface area contributed by atoms with E-state index in [2.05, 4.69) is 5.32 Å². The minimum absolute atomic E-state index is 0.0529. The van der Waals surface area contributed by atoms with E-state index in [1.165, 1.54) is 0 Å². The summed E-state index contributed by atoms with van der Waals surface area (Å²) in [7, 11) is 0. The van der Waals surface area contributed by atoms with Crippen molar-refractivity contribution >= 4 is 11.9 Å². The molecule has 1 aromatic carbocycles. The van der Waals surface area contributed by atoms with Crippen LogP contribution in [0.15, 0.2) is 24.3 Å². The Balaban J connectivity index is 2.45. The monoisotopic (exact) mass is 263 g/mol. The van der Waals surface area contributed by atoms with Gasteiger partial charge in [0.05, 0.1) is 5.56 Å². The maximum atomic E-state index is 11.8. The molecule has 19 heavy (non-hydrogen) atoms. The molecule has 0 aliphatic rings. The molecule has 0 atom stereocenters. The Morgan fingerprint density at radius 2 is 1.79 bits per heavy atom. The van der Waals surface area contributed by atoms with Crippen molar-refractivity contribution in [3.8, 4) is 0 Å². The van der Waals surface area contributed by atoms with E-state index in [1.54, 1.807) is 24.3 Å². The standard InChI is InChI=1S/C15H21NO3/c1-4-15(2,3)14(19)16-10-9-11-5-7-12(8-6-11)13(17)18/h5-8H,4,9-10H2,1-3H3,(H,16,19)(H,17,18). The van der Waals surface area contributed by atoms with Gasteiger partial charge in [-0.15, -0.1) is 0 Å². The number of hydrogen-bond donors (Lipinski definition) is 2.